The predicted molar refractivity (Wildman–Crippen MR) is 292 cm³/mol. The van der Waals surface area contributed by atoms with Crippen LogP contribution in [0.2, 0.25) is 0 Å². The number of carboxylic acid groups (broad SMARTS) is 1. The number of carboxylic acids is 1. The molecule has 18 unspecified atom stereocenters. The second kappa shape index (κ2) is 39.9. The van der Waals surface area contributed by atoms with Gasteiger partial charge in [-0.2, -0.15) is 0 Å². The van der Waals surface area contributed by atoms with Gasteiger partial charge in [0.15, 0.2) is 12.6 Å². The van der Waals surface area contributed by atoms with E-state index in [0.717, 1.165) is 51.9 Å². The van der Waals surface area contributed by atoms with Gasteiger partial charge in [-0.1, -0.05) is 167 Å². The van der Waals surface area contributed by atoms with Crippen LogP contribution in [0.15, 0.2) is 12.2 Å². The highest BCUT2D eigenvalue weighted by Crippen LogP contribution is 2.38. The van der Waals surface area contributed by atoms with E-state index in [-0.39, 0.29) is 12.3 Å². The summed E-state index contributed by atoms with van der Waals surface area (Å²) in [7, 11) is 0. The predicted octanol–water partition coefficient (Wildman–Crippen LogP) is 2.39. The minimum Gasteiger partial charge on any atom is -0.477 e. The molecule has 23 heteroatoms. The van der Waals surface area contributed by atoms with E-state index in [1.54, 1.807) is 6.08 Å². The highest BCUT2D eigenvalue weighted by molar-refractivity contribution is 5.77. The third-order valence-corrected chi connectivity index (χ3v) is 15.5. The number of amides is 2. The Labute approximate surface area is 473 Å². The Balaban J connectivity index is 1.68. The fraction of sp³-hybridized carbons (Fsp3) is 0.912. The molecule has 0 saturated carbocycles. The van der Waals surface area contributed by atoms with Crippen LogP contribution in [0.25, 0.3) is 0 Å². The van der Waals surface area contributed by atoms with Gasteiger partial charge < -0.3 is 100 Å². The number of carbonyl (C=O) groups is 3. The Morgan fingerprint density at radius 3 is 1.66 bits per heavy atom. The Morgan fingerprint density at radius 1 is 0.650 bits per heavy atom. The highest BCUT2D eigenvalue weighted by Gasteiger charge is 2.60. The Morgan fingerprint density at radius 2 is 1.16 bits per heavy atom. The minimum absolute atomic E-state index is 0.204. The zero-order chi connectivity index (χ0) is 59.0. The monoisotopic (exact) mass is 1150 g/mol. The fourth-order valence-corrected chi connectivity index (χ4v) is 10.6. The van der Waals surface area contributed by atoms with Gasteiger partial charge in [0.1, 0.15) is 67.1 Å². The number of carbonyl (C=O) groups excluding carboxylic acids is 2. The number of ether oxygens (including phenoxy) is 6. The number of aliphatic hydroxyl groups excluding tert-OH is 11. The van der Waals surface area contributed by atoms with Crippen LogP contribution in [0, 0.1) is 0 Å². The van der Waals surface area contributed by atoms with Gasteiger partial charge in [0.2, 0.25) is 11.8 Å². The van der Waals surface area contributed by atoms with E-state index in [2.05, 4.69) is 24.5 Å². The van der Waals surface area contributed by atoms with Crippen LogP contribution in [0.4, 0.5) is 0 Å². The third kappa shape index (κ3) is 24.2. The van der Waals surface area contributed by atoms with E-state index in [4.69, 9.17) is 28.4 Å². The first-order valence-corrected chi connectivity index (χ1v) is 30.1. The topological polar surface area (TPSA) is 373 Å². The average Bonchev–Trinajstić information content (AvgIpc) is 3.54. The molecule has 2 amide bonds. The molecule has 23 nitrogen and oxygen atoms in total. The van der Waals surface area contributed by atoms with E-state index in [1.807, 2.05) is 6.08 Å². The molecule has 3 aliphatic rings. The highest BCUT2D eigenvalue weighted by atomic mass is 16.8. The van der Waals surface area contributed by atoms with Crippen LogP contribution < -0.4 is 10.6 Å². The molecular formula is C57H104N2O21. The smallest absolute Gasteiger partial charge is 0.364 e. The first-order chi connectivity index (χ1) is 38.4. The van der Waals surface area contributed by atoms with E-state index in [0.29, 0.717) is 12.8 Å². The Kier molecular flexibility index (Phi) is 35.8. The number of aliphatic hydroxyl groups is 11. The maximum Gasteiger partial charge on any atom is 0.364 e. The van der Waals surface area contributed by atoms with Crippen molar-refractivity contribution < 1.29 is 104 Å². The van der Waals surface area contributed by atoms with Gasteiger partial charge in [0, 0.05) is 19.8 Å². The van der Waals surface area contributed by atoms with Crippen molar-refractivity contribution in [1.29, 1.82) is 0 Å². The molecule has 0 aliphatic carbocycles. The largest absolute Gasteiger partial charge is 0.477 e. The summed E-state index contributed by atoms with van der Waals surface area (Å²) < 4.78 is 34.6. The van der Waals surface area contributed by atoms with Crippen molar-refractivity contribution in [3.8, 4) is 0 Å². The Hall–Kier alpha value is -2.53. The lowest BCUT2D eigenvalue weighted by Crippen LogP contribution is -2.70. The lowest BCUT2D eigenvalue weighted by molar-refractivity contribution is -0.386. The summed E-state index contributed by atoms with van der Waals surface area (Å²) >= 11 is 0. The number of nitrogens with one attached hydrogen (secondary N) is 2. The molecule has 0 bridgehead atoms. The van der Waals surface area contributed by atoms with Gasteiger partial charge in [-0.3, -0.25) is 9.59 Å². The molecule has 18 atom stereocenters. The van der Waals surface area contributed by atoms with Gasteiger partial charge in [-0.25, -0.2) is 4.79 Å². The summed E-state index contributed by atoms with van der Waals surface area (Å²) in [6, 6.07) is -2.61. The van der Waals surface area contributed by atoms with Crippen molar-refractivity contribution in [3.63, 3.8) is 0 Å². The van der Waals surface area contributed by atoms with Crippen LogP contribution in [0.5, 0.6) is 0 Å². The summed E-state index contributed by atoms with van der Waals surface area (Å²) in [6.45, 7) is 2.08. The van der Waals surface area contributed by atoms with Crippen LogP contribution in [-0.2, 0) is 42.8 Å². The summed E-state index contributed by atoms with van der Waals surface area (Å²) in [5, 5.41) is 135. The van der Waals surface area contributed by atoms with Crippen molar-refractivity contribution in [2.45, 2.75) is 304 Å². The lowest BCUT2D eigenvalue weighted by Gasteiger charge is -2.50. The summed E-state index contributed by atoms with van der Waals surface area (Å²) in [4.78, 5) is 38.3. The molecule has 0 aromatic heterocycles. The van der Waals surface area contributed by atoms with Crippen LogP contribution in [0.3, 0.4) is 0 Å². The number of hydrogen-bond donors (Lipinski definition) is 14. The first-order valence-electron chi connectivity index (χ1n) is 30.1. The molecule has 468 valence electrons. The zero-order valence-electron chi connectivity index (χ0n) is 47.9. The maximum absolute atomic E-state index is 13.3. The number of hydrogen-bond acceptors (Lipinski definition) is 20. The lowest BCUT2D eigenvalue weighted by atomic mass is 9.88. The summed E-state index contributed by atoms with van der Waals surface area (Å²) in [5.74, 6) is -6.14. The zero-order valence-corrected chi connectivity index (χ0v) is 47.9. The van der Waals surface area contributed by atoms with Crippen molar-refractivity contribution in [2.24, 2.45) is 0 Å². The minimum atomic E-state index is -3.08. The SMILES string of the molecule is CCCCCCCCCCCC/C=C/C(O)C(COC1OC(CO)C(OC2OC(CO)C(O)C(OC3(C(=O)O)CC(O)C(NC(C)=O)C(C(O)C(O)CO)O3)C2O)C(O)C1O)NC(=O)CCCCCCCCCCCCCCCC. The summed E-state index contributed by atoms with van der Waals surface area (Å²) in [6.07, 6.45) is 2.86. The molecule has 80 heavy (non-hydrogen) atoms. The second-order valence-electron chi connectivity index (χ2n) is 22.2. The van der Waals surface area contributed by atoms with Gasteiger partial charge in [0.05, 0.1) is 50.7 Å². The van der Waals surface area contributed by atoms with Gasteiger partial charge in [-0.15, -0.1) is 0 Å². The van der Waals surface area contributed by atoms with E-state index >= 15 is 0 Å². The van der Waals surface area contributed by atoms with Crippen LogP contribution in [0.1, 0.15) is 194 Å². The van der Waals surface area contributed by atoms with E-state index < -0.39 is 155 Å². The fourth-order valence-electron chi connectivity index (χ4n) is 10.6. The summed E-state index contributed by atoms with van der Waals surface area (Å²) in [5.41, 5.74) is 0. The standard InChI is InChI=1S/C57H104N2O21/c1-4-6-8-10-12-14-16-18-19-21-23-25-27-29-31-44(67)59-38(39(64)30-28-26-24-22-20-17-15-13-11-9-7-5-2)36-75-54-49(71)48(70)51(43(35-62)77-54)78-55-50(72)53(47(69)42(34-61)76-55)80-57(56(73)74)32-40(65)45(58-37(3)63)52(79-57)46(68)41(66)33-60/h28,30,38-43,45-55,60-62,64-66,68-72H,4-27,29,31-36H2,1-3H3,(H,58,63)(H,59,67)(H,73,74)/b30-28+. The first kappa shape index (κ1) is 71.7. The van der Waals surface area contributed by atoms with Crippen LogP contribution in [-0.4, -0.2) is 215 Å². The molecule has 3 aliphatic heterocycles. The quantitative estimate of drug-likeness (QED) is 0.0308. The molecule has 0 aromatic carbocycles. The molecular weight excluding hydrogens is 1050 g/mol. The Bertz CT molecular complexity index is 1700. The number of rotatable bonds is 43. The molecule has 3 rings (SSSR count). The maximum atomic E-state index is 13.3. The van der Waals surface area contributed by atoms with Gasteiger partial charge >= 0.3 is 5.97 Å². The van der Waals surface area contributed by atoms with Gasteiger partial charge in [0.25, 0.3) is 5.79 Å². The molecule has 3 heterocycles. The van der Waals surface area contributed by atoms with Crippen molar-refractivity contribution in [3.05, 3.63) is 12.2 Å². The molecule has 3 saturated heterocycles. The molecule has 0 spiro atoms. The molecule has 14 N–H and O–H groups in total. The average molecular weight is 1150 g/mol. The number of allylic oxidation sites excluding steroid dienone is 1. The molecule has 0 radical (unpaired) electrons. The number of aliphatic carboxylic acids is 1. The van der Waals surface area contributed by atoms with E-state index in [9.17, 15) is 75.7 Å². The van der Waals surface area contributed by atoms with E-state index in [1.165, 1.54) is 103 Å². The van der Waals surface area contributed by atoms with Crippen molar-refractivity contribution in [1.82, 2.24) is 10.6 Å². The second-order valence-corrected chi connectivity index (χ2v) is 22.2. The molecule has 3 fully saturated rings. The normalized spacial score (nSPS) is 30.7. The third-order valence-electron chi connectivity index (χ3n) is 15.5. The number of unbranched alkanes of at least 4 members (excludes halogenated alkanes) is 23. The van der Waals surface area contributed by atoms with Gasteiger partial charge in [-0.05, 0) is 19.3 Å². The van der Waals surface area contributed by atoms with Crippen molar-refractivity contribution in [2.75, 3.05) is 26.4 Å². The van der Waals surface area contributed by atoms with Crippen LogP contribution >= 0.6 is 0 Å². The van der Waals surface area contributed by atoms with Crippen molar-refractivity contribution >= 4 is 17.8 Å². The molecule has 0 aromatic rings.